The Balaban J connectivity index is 2.12. The monoisotopic (exact) mass is 228 g/mol. The molecule has 0 amide bonds. The number of anilines is 1. The molecule has 0 spiro atoms. The van der Waals surface area contributed by atoms with Crippen molar-refractivity contribution in [2.24, 2.45) is 0 Å². The van der Waals surface area contributed by atoms with Gasteiger partial charge in [-0.05, 0) is 18.2 Å². The van der Waals surface area contributed by atoms with Crippen molar-refractivity contribution in [1.29, 1.82) is 0 Å². The second-order valence-corrected chi connectivity index (χ2v) is 5.17. The molecule has 1 atom stereocenters. The number of nitrogens with one attached hydrogen (secondary N) is 1. The first-order chi connectivity index (χ1) is 7.07. The first-order valence-electron chi connectivity index (χ1n) is 4.35. The molecule has 80 valence electrons. The average Bonchev–Trinajstić information content (AvgIpc) is 2.50. The SMILES string of the molecule is O=S1(=O)C=CC(Nc2ncccc2F)C1. The van der Waals surface area contributed by atoms with E-state index in [-0.39, 0.29) is 11.6 Å². The van der Waals surface area contributed by atoms with Gasteiger partial charge in [-0.2, -0.15) is 0 Å². The molecular formula is C9H9FN2O2S. The number of sulfone groups is 1. The molecule has 0 radical (unpaired) electrons. The molecule has 1 aromatic heterocycles. The van der Waals surface area contributed by atoms with E-state index in [1.807, 2.05) is 0 Å². The van der Waals surface area contributed by atoms with E-state index in [4.69, 9.17) is 0 Å². The summed E-state index contributed by atoms with van der Waals surface area (Å²) in [6.45, 7) is 0. The molecule has 1 N–H and O–H groups in total. The summed E-state index contributed by atoms with van der Waals surface area (Å²) in [6.07, 6.45) is 2.93. The van der Waals surface area contributed by atoms with Gasteiger partial charge in [0.2, 0.25) is 0 Å². The highest BCUT2D eigenvalue weighted by molar-refractivity contribution is 7.94. The number of nitrogens with zero attached hydrogens (tertiary/aromatic N) is 1. The van der Waals surface area contributed by atoms with Crippen LogP contribution in [0.15, 0.2) is 29.8 Å². The number of aromatic nitrogens is 1. The molecule has 4 nitrogen and oxygen atoms in total. The van der Waals surface area contributed by atoms with Gasteiger partial charge in [-0.1, -0.05) is 0 Å². The maximum atomic E-state index is 13.1. The number of hydrogen-bond donors (Lipinski definition) is 1. The van der Waals surface area contributed by atoms with Gasteiger partial charge in [-0.15, -0.1) is 0 Å². The van der Waals surface area contributed by atoms with Crippen LogP contribution in [0.5, 0.6) is 0 Å². The van der Waals surface area contributed by atoms with Gasteiger partial charge in [0.1, 0.15) is 0 Å². The summed E-state index contributed by atoms with van der Waals surface area (Å²) in [6, 6.07) is 2.34. The molecule has 2 rings (SSSR count). The van der Waals surface area contributed by atoms with Crippen molar-refractivity contribution in [3.63, 3.8) is 0 Å². The average molecular weight is 228 g/mol. The van der Waals surface area contributed by atoms with Crippen LogP contribution in [0.25, 0.3) is 0 Å². The van der Waals surface area contributed by atoms with Crippen LogP contribution < -0.4 is 5.32 Å². The van der Waals surface area contributed by atoms with E-state index in [0.29, 0.717) is 0 Å². The summed E-state index contributed by atoms with van der Waals surface area (Å²) >= 11 is 0. The van der Waals surface area contributed by atoms with Crippen molar-refractivity contribution in [2.45, 2.75) is 6.04 Å². The molecule has 6 heteroatoms. The maximum Gasteiger partial charge on any atom is 0.173 e. The van der Waals surface area contributed by atoms with Gasteiger partial charge in [0.05, 0.1) is 11.8 Å². The Morgan fingerprint density at radius 1 is 1.53 bits per heavy atom. The van der Waals surface area contributed by atoms with Crippen molar-refractivity contribution in [3.8, 4) is 0 Å². The van der Waals surface area contributed by atoms with E-state index in [1.165, 1.54) is 24.4 Å². The van der Waals surface area contributed by atoms with E-state index < -0.39 is 21.7 Å². The number of pyridine rings is 1. The Hall–Kier alpha value is -1.43. The summed E-state index contributed by atoms with van der Waals surface area (Å²) < 4.78 is 35.3. The highest BCUT2D eigenvalue weighted by Crippen LogP contribution is 2.15. The molecule has 0 aromatic carbocycles. The standard InChI is InChI=1S/C9H9FN2O2S/c10-8-2-1-4-11-9(8)12-7-3-5-15(13,14)6-7/h1-5,7H,6H2,(H,11,12). The zero-order valence-electron chi connectivity index (χ0n) is 7.72. The van der Waals surface area contributed by atoms with Gasteiger partial charge in [-0.25, -0.2) is 17.8 Å². The summed E-state index contributed by atoms with van der Waals surface area (Å²) in [5.41, 5.74) is 0. The second-order valence-electron chi connectivity index (χ2n) is 3.24. The maximum absolute atomic E-state index is 13.1. The van der Waals surface area contributed by atoms with Crippen LogP contribution in [-0.2, 0) is 9.84 Å². The fraction of sp³-hybridized carbons (Fsp3) is 0.222. The normalized spacial score (nSPS) is 22.9. The predicted octanol–water partition coefficient (Wildman–Crippen LogP) is 0.943. The fourth-order valence-corrected chi connectivity index (χ4v) is 2.57. The van der Waals surface area contributed by atoms with E-state index in [1.54, 1.807) is 0 Å². The van der Waals surface area contributed by atoms with Crippen molar-refractivity contribution in [2.75, 3.05) is 11.1 Å². The minimum atomic E-state index is -3.12. The largest absolute Gasteiger partial charge is 0.360 e. The van der Waals surface area contributed by atoms with Gasteiger partial charge >= 0.3 is 0 Å². The lowest BCUT2D eigenvalue weighted by Crippen LogP contribution is -2.22. The molecule has 1 aliphatic rings. The molecule has 1 unspecified atom stereocenters. The molecule has 1 aliphatic heterocycles. The summed E-state index contributed by atoms with van der Waals surface area (Å²) in [7, 11) is -3.12. The molecule has 0 fully saturated rings. The van der Waals surface area contributed by atoms with Crippen molar-refractivity contribution < 1.29 is 12.8 Å². The van der Waals surface area contributed by atoms with Crippen LogP contribution in [0.3, 0.4) is 0 Å². The zero-order chi connectivity index (χ0) is 10.9. The topological polar surface area (TPSA) is 59.1 Å². The molecule has 0 aliphatic carbocycles. The lowest BCUT2D eigenvalue weighted by atomic mass is 10.3. The van der Waals surface area contributed by atoms with Gasteiger partial charge < -0.3 is 5.32 Å². The molecule has 2 heterocycles. The van der Waals surface area contributed by atoms with Crippen LogP contribution in [-0.4, -0.2) is 25.2 Å². The third-order valence-corrected chi connectivity index (χ3v) is 3.41. The minimum Gasteiger partial charge on any atom is -0.360 e. The zero-order valence-corrected chi connectivity index (χ0v) is 8.54. The van der Waals surface area contributed by atoms with Gasteiger partial charge in [-0.3, -0.25) is 0 Å². The smallest absolute Gasteiger partial charge is 0.173 e. The van der Waals surface area contributed by atoms with Crippen molar-refractivity contribution in [1.82, 2.24) is 4.98 Å². The van der Waals surface area contributed by atoms with Crippen molar-refractivity contribution >= 4 is 15.7 Å². The lowest BCUT2D eigenvalue weighted by Gasteiger charge is -2.10. The summed E-state index contributed by atoms with van der Waals surface area (Å²) in [5, 5.41) is 3.84. The highest BCUT2D eigenvalue weighted by atomic mass is 32.2. The molecule has 15 heavy (non-hydrogen) atoms. The first-order valence-corrected chi connectivity index (χ1v) is 6.06. The molecular weight excluding hydrogens is 219 g/mol. The van der Waals surface area contributed by atoms with E-state index in [0.717, 1.165) is 5.41 Å². The van der Waals surface area contributed by atoms with Gasteiger partial charge in [0.15, 0.2) is 21.5 Å². The molecule has 0 saturated heterocycles. The Labute approximate surface area is 86.8 Å². The third-order valence-electron chi connectivity index (χ3n) is 2.01. The van der Waals surface area contributed by atoms with E-state index >= 15 is 0 Å². The van der Waals surface area contributed by atoms with Gasteiger partial charge in [0.25, 0.3) is 0 Å². The first kappa shape index (κ1) is 10.1. The molecule has 0 bridgehead atoms. The third kappa shape index (κ3) is 2.33. The van der Waals surface area contributed by atoms with E-state index in [9.17, 15) is 12.8 Å². The summed E-state index contributed by atoms with van der Waals surface area (Å²) in [4.78, 5) is 3.77. The van der Waals surface area contributed by atoms with E-state index in [2.05, 4.69) is 10.3 Å². The molecule has 0 saturated carbocycles. The molecule has 1 aromatic rings. The number of hydrogen-bond acceptors (Lipinski definition) is 4. The predicted molar refractivity (Wildman–Crippen MR) is 54.5 cm³/mol. The highest BCUT2D eigenvalue weighted by Gasteiger charge is 2.22. The van der Waals surface area contributed by atoms with Crippen LogP contribution in [0.1, 0.15) is 0 Å². The Bertz CT molecular complexity index is 499. The quantitative estimate of drug-likeness (QED) is 0.818. The van der Waals surface area contributed by atoms with Crippen LogP contribution >= 0.6 is 0 Å². The van der Waals surface area contributed by atoms with Crippen molar-refractivity contribution in [3.05, 3.63) is 35.6 Å². The number of rotatable bonds is 2. The Morgan fingerprint density at radius 3 is 2.93 bits per heavy atom. The fourth-order valence-electron chi connectivity index (χ4n) is 1.33. The lowest BCUT2D eigenvalue weighted by molar-refractivity contribution is 0.604. The summed E-state index contributed by atoms with van der Waals surface area (Å²) in [5.74, 6) is -0.470. The van der Waals surface area contributed by atoms with Crippen LogP contribution in [0.2, 0.25) is 0 Å². The second kappa shape index (κ2) is 3.62. The van der Waals surface area contributed by atoms with Crippen LogP contribution in [0, 0.1) is 5.82 Å². The van der Waals surface area contributed by atoms with Crippen LogP contribution in [0.4, 0.5) is 10.2 Å². The number of halogens is 1. The Kier molecular flexibility index (Phi) is 2.44. The Morgan fingerprint density at radius 2 is 2.33 bits per heavy atom. The van der Waals surface area contributed by atoms with Gasteiger partial charge in [0, 0.05) is 11.6 Å². The minimum absolute atomic E-state index is 0.0526.